The third-order valence-electron chi connectivity index (χ3n) is 3.97. The number of hydrogen-bond acceptors (Lipinski definition) is 4. The minimum Gasteiger partial charge on any atom is -0.311 e. The van der Waals surface area contributed by atoms with Gasteiger partial charge >= 0.3 is 0 Å². The van der Waals surface area contributed by atoms with Gasteiger partial charge in [-0.25, -0.2) is 4.98 Å². The highest BCUT2D eigenvalue weighted by Crippen LogP contribution is 2.33. The molecule has 1 N–H and O–H groups in total. The summed E-state index contributed by atoms with van der Waals surface area (Å²) in [6, 6.07) is 0. The first-order valence-corrected chi connectivity index (χ1v) is 9.53. The lowest BCUT2D eigenvalue weighted by molar-refractivity contribution is 0.621. The molecule has 0 aromatic carbocycles. The number of aromatic nitrogens is 2. The number of nitrogens with one attached hydrogen (secondary N) is 1. The number of thiazole rings is 1. The molecule has 2 aromatic heterocycles. The van der Waals surface area contributed by atoms with Crippen molar-refractivity contribution in [3.63, 3.8) is 0 Å². The van der Waals surface area contributed by atoms with Crippen molar-refractivity contribution in [3.05, 3.63) is 17.3 Å². The summed E-state index contributed by atoms with van der Waals surface area (Å²) < 4.78 is 2.25. The van der Waals surface area contributed by atoms with Gasteiger partial charge in [0.15, 0.2) is 4.96 Å². The van der Waals surface area contributed by atoms with Crippen molar-refractivity contribution in [2.75, 3.05) is 12.3 Å². The molecule has 0 bridgehead atoms. The first kappa shape index (κ1) is 14.4. The molecule has 0 radical (unpaired) electrons. The molecule has 3 rings (SSSR count). The molecular weight excluding hydrogens is 286 g/mol. The molecule has 5 heteroatoms. The topological polar surface area (TPSA) is 29.3 Å². The van der Waals surface area contributed by atoms with Crippen molar-refractivity contribution in [2.45, 2.75) is 50.6 Å². The molecule has 0 unspecified atom stereocenters. The molecule has 3 nitrogen and oxygen atoms in total. The van der Waals surface area contributed by atoms with Gasteiger partial charge in [0, 0.05) is 23.9 Å². The van der Waals surface area contributed by atoms with Gasteiger partial charge in [-0.15, -0.1) is 23.1 Å². The zero-order chi connectivity index (χ0) is 13.8. The fraction of sp³-hybridized carbons (Fsp3) is 0.667. The third kappa shape index (κ3) is 3.21. The normalized spacial score (nSPS) is 16.4. The van der Waals surface area contributed by atoms with Gasteiger partial charge in [0.2, 0.25) is 0 Å². The van der Waals surface area contributed by atoms with E-state index in [1.54, 1.807) is 11.3 Å². The lowest BCUT2D eigenvalue weighted by Crippen LogP contribution is -2.15. The Morgan fingerprint density at radius 3 is 3.10 bits per heavy atom. The van der Waals surface area contributed by atoms with Crippen molar-refractivity contribution in [2.24, 2.45) is 5.92 Å². The molecule has 1 fully saturated rings. The summed E-state index contributed by atoms with van der Waals surface area (Å²) in [5, 5.41) is 6.88. The highest BCUT2D eigenvalue weighted by atomic mass is 32.2. The molecule has 0 atom stereocenters. The van der Waals surface area contributed by atoms with Crippen molar-refractivity contribution >= 4 is 28.1 Å². The average Bonchev–Trinajstić information content (AvgIpc) is 3.14. The summed E-state index contributed by atoms with van der Waals surface area (Å²) in [5.41, 5.74) is 1.35. The number of hydrogen-bond donors (Lipinski definition) is 1. The lowest BCUT2D eigenvalue weighted by Gasteiger charge is -2.09. The second kappa shape index (κ2) is 6.96. The van der Waals surface area contributed by atoms with E-state index in [1.165, 1.54) is 48.6 Å². The fourth-order valence-electron chi connectivity index (χ4n) is 2.85. The standard InChI is InChI=1S/C15H23N3S2/c1-2-7-16-10-13-14(17-15-18(13)8-9-19-15)20-11-12-5-3-4-6-12/h8-9,12,16H,2-7,10-11H2,1H3. The molecule has 1 saturated carbocycles. The highest BCUT2D eigenvalue weighted by molar-refractivity contribution is 7.99. The SMILES string of the molecule is CCCNCc1c(SCC2CCCC2)nc2sccn12. The van der Waals surface area contributed by atoms with Crippen LogP contribution >= 0.6 is 23.1 Å². The number of thioether (sulfide) groups is 1. The van der Waals surface area contributed by atoms with Crippen LogP contribution in [-0.2, 0) is 6.54 Å². The van der Waals surface area contributed by atoms with Gasteiger partial charge in [-0.3, -0.25) is 4.40 Å². The van der Waals surface area contributed by atoms with Crippen LogP contribution in [0, 0.1) is 5.92 Å². The Kier molecular flexibility index (Phi) is 5.02. The summed E-state index contributed by atoms with van der Waals surface area (Å²) >= 11 is 3.70. The van der Waals surface area contributed by atoms with E-state index in [2.05, 4.69) is 28.2 Å². The Morgan fingerprint density at radius 1 is 1.45 bits per heavy atom. The zero-order valence-electron chi connectivity index (χ0n) is 12.1. The molecule has 0 amide bonds. The Labute approximate surface area is 129 Å². The van der Waals surface area contributed by atoms with Crippen molar-refractivity contribution < 1.29 is 0 Å². The van der Waals surface area contributed by atoms with Crippen LogP contribution in [0.1, 0.15) is 44.7 Å². The van der Waals surface area contributed by atoms with Gasteiger partial charge in [-0.1, -0.05) is 19.8 Å². The highest BCUT2D eigenvalue weighted by Gasteiger charge is 2.18. The van der Waals surface area contributed by atoms with Crippen LogP contribution in [0.2, 0.25) is 0 Å². The minimum absolute atomic E-state index is 0.913. The van der Waals surface area contributed by atoms with Crippen molar-refractivity contribution in [1.29, 1.82) is 0 Å². The van der Waals surface area contributed by atoms with E-state index in [-0.39, 0.29) is 0 Å². The van der Waals surface area contributed by atoms with Gasteiger partial charge in [0.25, 0.3) is 0 Å². The van der Waals surface area contributed by atoms with Gasteiger partial charge < -0.3 is 5.32 Å². The summed E-state index contributed by atoms with van der Waals surface area (Å²) in [5.74, 6) is 2.15. The number of imidazole rings is 1. The van der Waals surface area contributed by atoms with E-state index in [1.807, 2.05) is 11.8 Å². The van der Waals surface area contributed by atoms with E-state index in [0.717, 1.165) is 24.0 Å². The largest absolute Gasteiger partial charge is 0.311 e. The Balaban J connectivity index is 1.70. The first-order chi connectivity index (χ1) is 9.88. The van der Waals surface area contributed by atoms with E-state index < -0.39 is 0 Å². The average molecular weight is 310 g/mol. The fourth-order valence-corrected chi connectivity index (χ4v) is 4.85. The quantitative estimate of drug-likeness (QED) is 0.614. The summed E-state index contributed by atoms with van der Waals surface area (Å²) in [7, 11) is 0. The molecular formula is C15H23N3S2. The van der Waals surface area contributed by atoms with E-state index in [0.29, 0.717) is 0 Å². The predicted octanol–water partition coefficient (Wildman–Crippen LogP) is 4.18. The van der Waals surface area contributed by atoms with E-state index >= 15 is 0 Å². The number of fused-ring (bicyclic) bond motifs is 1. The monoisotopic (exact) mass is 309 g/mol. The van der Waals surface area contributed by atoms with Crippen LogP contribution in [0.3, 0.4) is 0 Å². The van der Waals surface area contributed by atoms with Crippen LogP contribution in [0.15, 0.2) is 16.6 Å². The maximum absolute atomic E-state index is 4.82. The smallest absolute Gasteiger partial charge is 0.194 e. The maximum atomic E-state index is 4.82. The molecule has 0 spiro atoms. The lowest BCUT2D eigenvalue weighted by atomic mass is 10.1. The molecule has 0 aliphatic heterocycles. The van der Waals surface area contributed by atoms with Gasteiger partial charge in [0.05, 0.1) is 5.69 Å². The van der Waals surface area contributed by atoms with Crippen LogP contribution < -0.4 is 5.32 Å². The van der Waals surface area contributed by atoms with Crippen LogP contribution in [0.5, 0.6) is 0 Å². The second-order valence-electron chi connectivity index (χ2n) is 5.56. The summed E-state index contributed by atoms with van der Waals surface area (Å²) in [6.45, 7) is 4.21. The van der Waals surface area contributed by atoms with Crippen molar-refractivity contribution in [1.82, 2.24) is 14.7 Å². The van der Waals surface area contributed by atoms with Crippen LogP contribution in [-0.4, -0.2) is 21.7 Å². The van der Waals surface area contributed by atoms with E-state index in [9.17, 15) is 0 Å². The van der Waals surface area contributed by atoms with Crippen molar-refractivity contribution in [3.8, 4) is 0 Å². The Morgan fingerprint density at radius 2 is 2.30 bits per heavy atom. The van der Waals surface area contributed by atoms with Crippen LogP contribution in [0.4, 0.5) is 0 Å². The summed E-state index contributed by atoms with van der Waals surface area (Å²) in [6.07, 6.45) is 9.01. The van der Waals surface area contributed by atoms with Gasteiger partial charge in [-0.05, 0) is 31.7 Å². The maximum Gasteiger partial charge on any atom is 0.194 e. The first-order valence-electron chi connectivity index (χ1n) is 7.66. The Bertz CT molecular complexity index is 540. The molecule has 20 heavy (non-hydrogen) atoms. The number of rotatable bonds is 7. The predicted molar refractivity (Wildman–Crippen MR) is 87.7 cm³/mol. The molecule has 2 aromatic rings. The second-order valence-corrected chi connectivity index (χ2v) is 7.44. The van der Waals surface area contributed by atoms with Gasteiger partial charge in [-0.2, -0.15) is 0 Å². The van der Waals surface area contributed by atoms with E-state index in [4.69, 9.17) is 4.98 Å². The molecule has 1 aliphatic carbocycles. The van der Waals surface area contributed by atoms with Crippen LogP contribution in [0.25, 0.3) is 4.96 Å². The molecule has 0 saturated heterocycles. The molecule has 1 aliphatic rings. The Hall–Kier alpha value is -0.520. The molecule has 110 valence electrons. The summed E-state index contributed by atoms with van der Waals surface area (Å²) in [4.78, 5) is 5.95. The number of nitrogens with zero attached hydrogens (tertiary/aromatic N) is 2. The molecule has 2 heterocycles. The minimum atomic E-state index is 0.913. The van der Waals surface area contributed by atoms with Gasteiger partial charge in [0.1, 0.15) is 5.03 Å². The zero-order valence-corrected chi connectivity index (χ0v) is 13.7. The third-order valence-corrected chi connectivity index (χ3v) is 5.97.